The molecule has 1 aliphatic heterocycles. The van der Waals surface area contributed by atoms with Crippen LogP contribution in [-0.4, -0.2) is 40.6 Å². The number of imidazole rings is 1. The number of carbonyl (C=O) groups is 1. The molecule has 0 saturated carbocycles. The van der Waals surface area contributed by atoms with E-state index in [1.54, 1.807) is 19.2 Å². The normalized spacial score (nSPS) is 15.1. The van der Waals surface area contributed by atoms with Crippen LogP contribution in [0.25, 0.3) is 11.0 Å². The number of methoxy groups -OCH3 is 1. The van der Waals surface area contributed by atoms with Gasteiger partial charge >= 0.3 is 0 Å². The third-order valence-electron chi connectivity index (χ3n) is 5.82. The highest BCUT2D eigenvalue weighted by molar-refractivity contribution is 6.06. The summed E-state index contributed by atoms with van der Waals surface area (Å²) in [6.07, 6.45) is 5.20. The molecule has 6 nitrogen and oxygen atoms in total. The highest BCUT2D eigenvalue weighted by atomic mass is 16.5. The van der Waals surface area contributed by atoms with Gasteiger partial charge in [-0.3, -0.25) is 9.69 Å². The Morgan fingerprint density at radius 2 is 1.87 bits per heavy atom. The van der Waals surface area contributed by atoms with E-state index in [0.29, 0.717) is 11.3 Å². The number of hydrogen-bond acceptors (Lipinski definition) is 4. The van der Waals surface area contributed by atoms with Gasteiger partial charge in [0.05, 0.1) is 30.3 Å². The Hall–Kier alpha value is -2.86. The zero-order valence-electron chi connectivity index (χ0n) is 17.9. The Bertz CT molecular complexity index is 1020. The highest BCUT2D eigenvalue weighted by Gasteiger charge is 2.17. The first kappa shape index (κ1) is 20.4. The van der Waals surface area contributed by atoms with Crippen LogP contribution in [0.15, 0.2) is 42.5 Å². The van der Waals surface area contributed by atoms with Gasteiger partial charge in [-0.15, -0.1) is 0 Å². The zero-order valence-corrected chi connectivity index (χ0v) is 17.9. The Balaban J connectivity index is 1.57. The summed E-state index contributed by atoms with van der Waals surface area (Å²) < 4.78 is 7.59. The van der Waals surface area contributed by atoms with Crippen LogP contribution in [0, 0.1) is 0 Å². The molecule has 158 valence electrons. The fourth-order valence-electron chi connectivity index (χ4n) is 4.26. The lowest BCUT2D eigenvalue weighted by molar-refractivity contribution is 0.102. The molecule has 1 fully saturated rings. The van der Waals surface area contributed by atoms with Crippen molar-refractivity contribution in [3.05, 3.63) is 53.9 Å². The van der Waals surface area contributed by atoms with Crippen molar-refractivity contribution in [3.8, 4) is 5.75 Å². The van der Waals surface area contributed by atoms with Crippen LogP contribution >= 0.6 is 0 Å². The second-order valence-corrected chi connectivity index (χ2v) is 7.82. The van der Waals surface area contributed by atoms with Crippen LogP contribution in [0.3, 0.4) is 0 Å². The van der Waals surface area contributed by atoms with Crippen molar-refractivity contribution in [1.29, 1.82) is 0 Å². The summed E-state index contributed by atoms with van der Waals surface area (Å²) >= 11 is 0. The van der Waals surface area contributed by atoms with E-state index in [0.717, 1.165) is 48.7 Å². The van der Waals surface area contributed by atoms with Crippen molar-refractivity contribution < 1.29 is 9.53 Å². The number of rotatable bonds is 6. The quantitative estimate of drug-likeness (QED) is 0.645. The lowest BCUT2D eigenvalue weighted by Crippen LogP contribution is -2.25. The van der Waals surface area contributed by atoms with Gasteiger partial charge in [-0.25, -0.2) is 4.98 Å². The second kappa shape index (κ2) is 9.30. The predicted octanol–water partition coefficient (Wildman–Crippen LogP) is 4.69. The van der Waals surface area contributed by atoms with Gasteiger partial charge in [0.2, 0.25) is 0 Å². The maximum atomic E-state index is 12.7. The van der Waals surface area contributed by atoms with Crippen LogP contribution in [0.2, 0.25) is 0 Å². The molecule has 2 heterocycles. The van der Waals surface area contributed by atoms with Crippen molar-refractivity contribution >= 4 is 22.6 Å². The summed E-state index contributed by atoms with van der Waals surface area (Å²) in [5.74, 6) is 1.47. The van der Waals surface area contributed by atoms with Crippen LogP contribution < -0.4 is 10.1 Å². The number of hydrogen-bond donors (Lipinski definition) is 1. The Morgan fingerprint density at radius 3 is 2.60 bits per heavy atom. The minimum absolute atomic E-state index is 0.188. The average Bonchev–Trinajstić information content (AvgIpc) is 2.91. The summed E-state index contributed by atoms with van der Waals surface area (Å²) in [6.45, 7) is 6.21. The van der Waals surface area contributed by atoms with Gasteiger partial charge in [-0.05, 0) is 63.2 Å². The van der Waals surface area contributed by atoms with Gasteiger partial charge in [0, 0.05) is 12.2 Å². The Morgan fingerprint density at radius 1 is 1.10 bits per heavy atom. The van der Waals surface area contributed by atoms with E-state index < -0.39 is 0 Å². The molecule has 3 aromatic rings. The monoisotopic (exact) mass is 406 g/mol. The van der Waals surface area contributed by atoms with Crippen LogP contribution in [0.5, 0.6) is 5.75 Å². The van der Waals surface area contributed by atoms with E-state index in [9.17, 15) is 4.79 Å². The van der Waals surface area contributed by atoms with E-state index in [1.807, 2.05) is 24.3 Å². The summed E-state index contributed by atoms with van der Waals surface area (Å²) in [6, 6.07) is 13.2. The predicted molar refractivity (Wildman–Crippen MR) is 120 cm³/mol. The topological polar surface area (TPSA) is 59.4 Å². The van der Waals surface area contributed by atoms with Crippen LogP contribution in [-0.2, 0) is 13.1 Å². The molecule has 1 aliphatic rings. The molecule has 1 N–H and O–H groups in total. The Kier molecular flexibility index (Phi) is 6.33. The molecule has 4 rings (SSSR count). The summed E-state index contributed by atoms with van der Waals surface area (Å²) in [5.41, 5.74) is 3.28. The third-order valence-corrected chi connectivity index (χ3v) is 5.82. The average molecular weight is 407 g/mol. The molecule has 2 aromatic carbocycles. The third kappa shape index (κ3) is 4.33. The van der Waals surface area contributed by atoms with E-state index in [-0.39, 0.29) is 5.91 Å². The molecule has 1 aromatic heterocycles. The fourth-order valence-corrected chi connectivity index (χ4v) is 4.26. The molecule has 0 unspecified atom stereocenters. The smallest absolute Gasteiger partial charge is 0.259 e. The van der Waals surface area contributed by atoms with E-state index >= 15 is 0 Å². The molecule has 0 spiro atoms. The Labute approximate surface area is 177 Å². The lowest BCUT2D eigenvalue weighted by Gasteiger charge is -2.19. The minimum atomic E-state index is -0.188. The molecule has 1 saturated heterocycles. The van der Waals surface area contributed by atoms with Gasteiger partial charge in [0.15, 0.2) is 0 Å². The number of nitrogens with zero attached hydrogens (tertiary/aromatic N) is 3. The fraction of sp³-hybridized carbons (Fsp3) is 0.417. The number of nitrogens with one attached hydrogen (secondary N) is 1. The number of likely N-dealkylation sites (tertiary alicyclic amines) is 1. The number of para-hydroxylation sites is 1. The molecule has 0 bridgehead atoms. The van der Waals surface area contributed by atoms with E-state index in [4.69, 9.17) is 9.72 Å². The largest absolute Gasteiger partial charge is 0.496 e. The molecule has 30 heavy (non-hydrogen) atoms. The molecule has 0 radical (unpaired) electrons. The maximum Gasteiger partial charge on any atom is 0.259 e. The first-order chi connectivity index (χ1) is 14.7. The molecular formula is C24H30N4O2. The SMILES string of the molecule is CCn1c(CN2CCCCCC2)nc2cc(NC(=O)c3ccccc3OC)ccc21. The summed E-state index contributed by atoms with van der Waals surface area (Å²) in [5, 5.41) is 2.98. The summed E-state index contributed by atoms with van der Waals surface area (Å²) in [7, 11) is 1.57. The summed E-state index contributed by atoms with van der Waals surface area (Å²) in [4.78, 5) is 20.2. The standard InChI is InChI=1S/C24H30N4O2/c1-3-28-21-13-12-18(25-24(29)19-10-6-7-11-22(19)30-2)16-20(21)26-23(28)17-27-14-8-4-5-9-15-27/h6-7,10-13,16H,3-5,8-9,14-15,17H2,1-2H3,(H,25,29). The van der Waals surface area contributed by atoms with Gasteiger partial charge in [-0.1, -0.05) is 25.0 Å². The van der Waals surface area contributed by atoms with E-state index in [2.05, 4.69) is 27.8 Å². The van der Waals surface area contributed by atoms with Crippen LogP contribution in [0.4, 0.5) is 5.69 Å². The number of aromatic nitrogens is 2. The molecular weight excluding hydrogens is 376 g/mol. The van der Waals surface area contributed by atoms with Crippen LogP contribution in [0.1, 0.15) is 48.8 Å². The van der Waals surface area contributed by atoms with E-state index in [1.165, 1.54) is 25.7 Å². The second-order valence-electron chi connectivity index (χ2n) is 7.82. The number of amides is 1. The number of fused-ring (bicyclic) bond motifs is 1. The van der Waals surface area contributed by atoms with Crippen molar-refractivity contribution in [2.75, 3.05) is 25.5 Å². The molecule has 1 amide bonds. The lowest BCUT2D eigenvalue weighted by atomic mass is 10.2. The molecule has 6 heteroatoms. The van der Waals surface area contributed by atoms with Crippen molar-refractivity contribution in [2.45, 2.75) is 45.7 Å². The number of carbonyl (C=O) groups excluding carboxylic acids is 1. The number of anilines is 1. The molecule has 0 atom stereocenters. The van der Waals surface area contributed by atoms with Crippen molar-refractivity contribution in [2.24, 2.45) is 0 Å². The van der Waals surface area contributed by atoms with Gasteiger partial charge in [0.25, 0.3) is 5.91 Å². The molecule has 0 aliphatic carbocycles. The number of benzene rings is 2. The minimum Gasteiger partial charge on any atom is -0.496 e. The maximum absolute atomic E-state index is 12.7. The van der Waals surface area contributed by atoms with Gasteiger partial charge in [-0.2, -0.15) is 0 Å². The first-order valence-corrected chi connectivity index (χ1v) is 10.9. The number of ether oxygens (including phenoxy) is 1. The van der Waals surface area contributed by atoms with Gasteiger partial charge < -0.3 is 14.6 Å². The zero-order chi connectivity index (χ0) is 20.9. The van der Waals surface area contributed by atoms with Crippen molar-refractivity contribution in [3.63, 3.8) is 0 Å². The highest BCUT2D eigenvalue weighted by Crippen LogP contribution is 2.24. The number of aryl methyl sites for hydroxylation is 1. The first-order valence-electron chi connectivity index (χ1n) is 10.9. The van der Waals surface area contributed by atoms with Gasteiger partial charge in [0.1, 0.15) is 11.6 Å². The van der Waals surface area contributed by atoms with Crippen molar-refractivity contribution in [1.82, 2.24) is 14.5 Å².